The molecule has 2 aliphatic rings. The third-order valence-corrected chi connectivity index (χ3v) is 4.61. The molecule has 0 radical (unpaired) electrons. The fraction of sp³-hybridized carbons (Fsp3) is 0.400. The molecule has 0 aromatic heterocycles. The van der Waals surface area contributed by atoms with Gasteiger partial charge in [0.2, 0.25) is 5.91 Å². The standard InChI is InChI=1S/C15H19ClN4O5/c16-9-3-7(1-2-8(9)14(18)24)19-4-11(17)20(6-19)15-13(23)12(22)10(5-21)25-15/h1-4,10,12-13,15,21-23H,5-6,17H2,(H2,18,24)/t10-,12-,13-,15-/m1/s1. The quantitative estimate of drug-likeness (QED) is 0.440. The predicted octanol–water partition coefficient (Wildman–Crippen LogP) is -1.28. The van der Waals surface area contributed by atoms with E-state index in [1.54, 1.807) is 28.1 Å². The number of aliphatic hydroxyl groups is 3. The smallest absolute Gasteiger partial charge is 0.250 e. The number of primary amides is 1. The molecule has 0 saturated carbocycles. The molecule has 1 aromatic carbocycles. The number of benzene rings is 1. The second-order valence-corrected chi connectivity index (χ2v) is 6.30. The maximum atomic E-state index is 11.3. The number of aliphatic hydroxyl groups excluding tert-OH is 3. The first-order valence-corrected chi connectivity index (χ1v) is 7.93. The molecule has 0 spiro atoms. The van der Waals surface area contributed by atoms with E-state index >= 15 is 0 Å². The summed E-state index contributed by atoms with van der Waals surface area (Å²) in [6.07, 6.45) is -2.59. The molecule has 2 heterocycles. The molecule has 1 fully saturated rings. The minimum atomic E-state index is -1.22. The summed E-state index contributed by atoms with van der Waals surface area (Å²) in [6.45, 7) is -0.190. The molecule has 1 saturated heterocycles. The largest absolute Gasteiger partial charge is 0.394 e. The number of rotatable bonds is 4. The lowest BCUT2D eigenvalue weighted by molar-refractivity contribution is -0.0813. The number of amides is 1. The number of hydrogen-bond donors (Lipinski definition) is 5. The molecule has 10 heteroatoms. The lowest BCUT2D eigenvalue weighted by atomic mass is 10.1. The zero-order valence-electron chi connectivity index (χ0n) is 13.1. The van der Waals surface area contributed by atoms with Crippen molar-refractivity contribution in [2.24, 2.45) is 11.5 Å². The van der Waals surface area contributed by atoms with Gasteiger partial charge in [-0.3, -0.25) is 4.79 Å². The van der Waals surface area contributed by atoms with Crippen LogP contribution >= 0.6 is 11.6 Å². The van der Waals surface area contributed by atoms with Crippen LogP contribution in [0.15, 0.2) is 30.2 Å². The highest BCUT2D eigenvalue weighted by Gasteiger charge is 2.46. The van der Waals surface area contributed by atoms with Crippen molar-refractivity contribution in [1.29, 1.82) is 0 Å². The summed E-state index contributed by atoms with van der Waals surface area (Å²) in [4.78, 5) is 14.5. The molecule has 0 aliphatic carbocycles. The van der Waals surface area contributed by atoms with Crippen molar-refractivity contribution in [1.82, 2.24) is 4.90 Å². The molecular weight excluding hydrogens is 352 g/mol. The van der Waals surface area contributed by atoms with Crippen LogP contribution in [-0.4, -0.2) is 63.9 Å². The van der Waals surface area contributed by atoms with Crippen molar-refractivity contribution in [3.8, 4) is 0 Å². The summed E-state index contributed by atoms with van der Waals surface area (Å²) in [7, 11) is 0. The second kappa shape index (κ2) is 6.70. The van der Waals surface area contributed by atoms with Crippen LogP contribution in [0.4, 0.5) is 5.69 Å². The molecule has 1 amide bonds. The topological polar surface area (TPSA) is 146 Å². The van der Waals surface area contributed by atoms with Gasteiger partial charge in [0.1, 0.15) is 24.1 Å². The van der Waals surface area contributed by atoms with Gasteiger partial charge in [0.25, 0.3) is 0 Å². The molecule has 4 atom stereocenters. The Labute approximate surface area is 148 Å². The van der Waals surface area contributed by atoms with Crippen LogP contribution in [0, 0.1) is 0 Å². The predicted molar refractivity (Wildman–Crippen MR) is 89.2 cm³/mol. The highest BCUT2D eigenvalue weighted by atomic mass is 35.5. The first-order valence-electron chi connectivity index (χ1n) is 7.56. The van der Waals surface area contributed by atoms with Crippen LogP contribution in [0.1, 0.15) is 10.4 Å². The van der Waals surface area contributed by atoms with Crippen LogP contribution in [0.2, 0.25) is 5.02 Å². The maximum absolute atomic E-state index is 11.3. The number of hydrogen-bond acceptors (Lipinski definition) is 8. The number of nitrogens with two attached hydrogens (primary N) is 2. The minimum Gasteiger partial charge on any atom is -0.394 e. The van der Waals surface area contributed by atoms with Gasteiger partial charge in [-0.15, -0.1) is 0 Å². The fourth-order valence-electron chi connectivity index (χ4n) is 2.92. The molecule has 25 heavy (non-hydrogen) atoms. The van der Waals surface area contributed by atoms with Crippen LogP contribution in [0.25, 0.3) is 0 Å². The van der Waals surface area contributed by atoms with Gasteiger partial charge in [-0.25, -0.2) is 0 Å². The molecular formula is C15H19ClN4O5. The normalized spacial score (nSPS) is 29.2. The number of nitrogens with zero attached hydrogens (tertiary/aromatic N) is 2. The van der Waals surface area contributed by atoms with Crippen molar-refractivity contribution < 1.29 is 24.9 Å². The van der Waals surface area contributed by atoms with Crippen molar-refractivity contribution >= 4 is 23.2 Å². The number of carbonyl (C=O) groups is 1. The van der Waals surface area contributed by atoms with Gasteiger partial charge in [0.15, 0.2) is 6.23 Å². The lowest BCUT2D eigenvalue weighted by Crippen LogP contribution is -2.45. The van der Waals surface area contributed by atoms with Gasteiger partial charge in [-0.2, -0.15) is 0 Å². The number of halogens is 1. The molecule has 136 valence electrons. The molecule has 3 rings (SSSR count). The number of carbonyl (C=O) groups excluding carboxylic acids is 1. The van der Waals surface area contributed by atoms with Crippen LogP contribution in [0.3, 0.4) is 0 Å². The molecule has 0 unspecified atom stereocenters. The summed E-state index contributed by atoms with van der Waals surface area (Å²) in [5, 5.41) is 29.4. The molecule has 2 aliphatic heterocycles. The average molecular weight is 371 g/mol. The Morgan fingerprint density at radius 2 is 2.08 bits per heavy atom. The zero-order chi connectivity index (χ0) is 18.3. The Morgan fingerprint density at radius 3 is 2.64 bits per heavy atom. The van der Waals surface area contributed by atoms with E-state index in [1.165, 1.54) is 6.07 Å². The van der Waals surface area contributed by atoms with Gasteiger partial charge < -0.3 is 41.3 Å². The summed E-state index contributed by atoms with van der Waals surface area (Å²) in [6, 6.07) is 4.75. The Morgan fingerprint density at radius 1 is 1.36 bits per heavy atom. The molecule has 0 bridgehead atoms. The zero-order valence-corrected chi connectivity index (χ0v) is 13.9. The van der Waals surface area contributed by atoms with Gasteiger partial charge in [0.05, 0.1) is 23.9 Å². The highest BCUT2D eigenvalue weighted by Crippen LogP contribution is 2.31. The number of anilines is 1. The third-order valence-electron chi connectivity index (χ3n) is 4.30. The maximum Gasteiger partial charge on any atom is 0.250 e. The van der Waals surface area contributed by atoms with E-state index in [-0.39, 0.29) is 17.3 Å². The second-order valence-electron chi connectivity index (χ2n) is 5.89. The van der Waals surface area contributed by atoms with Crippen LogP contribution in [-0.2, 0) is 4.74 Å². The summed E-state index contributed by atoms with van der Waals surface area (Å²) in [5.41, 5.74) is 12.1. The Balaban J connectivity index is 1.78. The first-order chi connectivity index (χ1) is 11.8. The molecule has 7 N–H and O–H groups in total. The Bertz CT molecular complexity index is 715. The van der Waals surface area contributed by atoms with E-state index in [1.807, 2.05) is 0 Å². The summed E-state index contributed by atoms with van der Waals surface area (Å²) in [5.74, 6) is -0.314. The lowest BCUT2D eigenvalue weighted by Gasteiger charge is -2.29. The molecule has 1 aromatic rings. The first kappa shape index (κ1) is 17.8. The van der Waals surface area contributed by atoms with E-state index in [0.717, 1.165) is 0 Å². The minimum absolute atomic E-state index is 0.210. The van der Waals surface area contributed by atoms with Gasteiger partial charge in [-0.1, -0.05) is 11.6 Å². The van der Waals surface area contributed by atoms with Gasteiger partial charge in [0, 0.05) is 11.9 Å². The Kier molecular flexibility index (Phi) is 4.76. The van der Waals surface area contributed by atoms with E-state index < -0.39 is 37.1 Å². The average Bonchev–Trinajstić information content (AvgIpc) is 3.08. The third kappa shape index (κ3) is 3.12. The van der Waals surface area contributed by atoms with Crippen molar-refractivity contribution in [3.05, 3.63) is 40.8 Å². The highest BCUT2D eigenvalue weighted by molar-refractivity contribution is 6.34. The van der Waals surface area contributed by atoms with E-state index in [0.29, 0.717) is 11.5 Å². The monoisotopic (exact) mass is 370 g/mol. The van der Waals surface area contributed by atoms with E-state index in [9.17, 15) is 20.1 Å². The van der Waals surface area contributed by atoms with E-state index in [4.69, 9.17) is 27.8 Å². The van der Waals surface area contributed by atoms with Gasteiger partial charge >= 0.3 is 0 Å². The van der Waals surface area contributed by atoms with Crippen molar-refractivity contribution in [2.45, 2.75) is 24.5 Å². The summed E-state index contributed by atoms with van der Waals surface area (Å²) < 4.78 is 5.49. The van der Waals surface area contributed by atoms with Crippen LogP contribution < -0.4 is 16.4 Å². The summed E-state index contributed by atoms with van der Waals surface area (Å²) >= 11 is 6.06. The van der Waals surface area contributed by atoms with E-state index in [2.05, 4.69) is 0 Å². The number of ether oxygens (including phenoxy) is 1. The van der Waals surface area contributed by atoms with Crippen LogP contribution in [0.5, 0.6) is 0 Å². The van der Waals surface area contributed by atoms with Crippen molar-refractivity contribution in [2.75, 3.05) is 18.2 Å². The van der Waals surface area contributed by atoms with Gasteiger partial charge in [-0.05, 0) is 18.2 Å². The fourth-order valence-corrected chi connectivity index (χ4v) is 3.19. The van der Waals surface area contributed by atoms with Crippen molar-refractivity contribution in [3.63, 3.8) is 0 Å². The SMILES string of the molecule is NC(=O)c1ccc(N2C=C(N)N([C@@H]3O[C@H](CO)[C@@H](O)[C@H]3O)C2)cc1Cl. The Hall–Kier alpha value is -2.04. The molecule has 9 nitrogen and oxygen atoms in total.